The van der Waals surface area contributed by atoms with Gasteiger partial charge in [0.1, 0.15) is 11.5 Å². The van der Waals surface area contributed by atoms with Crippen molar-refractivity contribution in [3.8, 4) is 5.75 Å². The third kappa shape index (κ3) is 6.41. The van der Waals surface area contributed by atoms with Gasteiger partial charge in [0.15, 0.2) is 12.0 Å². The largest absolute Gasteiger partial charge is 0.505 e. The van der Waals surface area contributed by atoms with Gasteiger partial charge in [-0.2, -0.15) is 0 Å². The lowest BCUT2D eigenvalue weighted by molar-refractivity contribution is 0.112. The van der Waals surface area contributed by atoms with Gasteiger partial charge in [-0.05, 0) is 58.0 Å². The van der Waals surface area contributed by atoms with E-state index in [9.17, 15) is 14.3 Å². The van der Waals surface area contributed by atoms with Crippen LogP contribution >= 0.6 is 12.1 Å². The highest BCUT2D eigenvalue weighted by atomic mass is 32.2. The van der Waals surface area contributed by atoms with Gasteiger partial charge in [0.25, 0.3) is 0 Å². The highest BCUT2D eigenvalue weighted by Crippen LogP contribution is 2.44. The van der Waals surface area contributed by atoms with Gasteiger partial charge >= 0.3 is 0 Å². The van der Waals surface area contributed by atoms with Crippen molar-refractivity contribution in [2.24, 2.45) is 4.99 Å². The number of nitrogens with one attached hydrogen (secondary N) is 1. The van der Waals surface area contributed by atoms with Crippen LogP contribution in [0.15, 0.2) is 35.8 Å². The zero-order valence-electron chi connectivity index (χ0n) is 18.1. The molecule has 0 aromatic heterocycles. The van der Waals surface area contributed by atoms with Gasteiger partial charge in [0.2, 0.25) is 0 Å². The van der Waals surface area contributed by atoms with Gasteiger partial charge in [0.05, 0.1) is 11.3 Å². The van der Waals surface area contributed by atoms with Crippen LogP contribution in [0.25, 0.3) is 6.08 Å². The Labute approximate surface area is 182 Å². The van der Waals surface area contributed by atoms with Crippen LogP contribution in [0.4, 0.5) is 15.8 Å². The van der Waals surface area contributed by atoms with Crippen molar-refractivity contribution in [2.45, 2.75) is 13.5 Å². The van der Waals surface area contributed by atoms with Crippen LogP contribution in [0.3, 0.4) is 0 Å². The molecule has 0 bridgehead atoms. The maximum atomic E-state index is 12.3. The number of phenolic OH excluding ortho intramolecular Hbond substituents is 1. The molecule has 0 atom stereocenters. The Balaban J connectivity index is 0.000000375. The fraction of sp³-hybridized carbons (Fsp3) is 0.273. The molecular weight excluding hydrogens is 403 g/mol. The second kappa shape index (κ2) is 12.1. The molecule has 0 amide bonds. The number of aldehydes is 1. The number of anilines is 1. The molecule has 6 nitrogen and oxygen atoms in total. The molecule has 0 heterocycles. The van der Waals surface area contributed by atoms with Crippen LogP contribution in [0.5, 0.6) is 5.75 Å². The molecule has 2 aromatic rings. The molecule has 162 valence electrons. The van der Waals surface area contributed by atoms with E-state index in [1.54, 1.807) is 25.1 Å². The lowest BCUT2D eigenvalue weighted by Crippen LogP contribution is -2.17. The topological polar surface area (TPSA) is 68.2 Å². The number of benzene rings is 2. The van der Waals surface area contributed by atoms with Crippen LogP contribution < -0.4 is 9.62 Å². The summed E-state index contributed by atoms with van der Waals surface area (Å²) in [5.74, 6) is -0.339. The fourth-order valence-corrected chi connectivity index (χ4v) is 3.68. The molecule has 30 heavy (non-hydrogen) atoms. The summed E-state index contributed by atoms with van der Waals surface area (Å²) in [6.07, 6.45) is 2.23. The lowest BCUT2D eigenvalue weighted by atomic mass is 9.99. The van der Waals surface area contributed by atoms with E-state index in [4.69, 9.17) is 0 Å². The number of phenols is 1. The van der Waals surface area contributed by atoms with E-state index >= 15 is 0 Å². The van der Waals surface area contributed by atoms with Crippen LogP contribution in [-0.2, 0) is 6.54 Å². The maximum absolute atomic E-state index is 12.3. The molecule has 0 fully saturated rings. The summed E-state index contributed by atoms with van der Waals surface area (Å²) in [4.78, 5) is 15.1. The van der Waals surface area contributed by atoms with Crippen molar-refractivity contribution < 1.29 is 14.3 Å². The Morgan fingerprint density at radius 1 is 1.23 bits per heavy atom. The summed E-state index contributed by atoms with van der Waals surface area (Å²) >= 11 is 1.45. The van der Waals surface area contributed by atoms with Crippen molar-refractivity contribution in [3.63, 3.8) is 0 Å². The van der Waals surface area contributed by atoms with Crippen molar-refractivity contribution in [1.82, 2.24) is 9.62 Å². The van der Waals surface area contributed by atoms with Crippen LogP contribution in [0, 0.1) is 12.7 Å². The predicted octanol–water partition coefficient (Wildman–Crippen LogP) is 4.59. The van der Waals surface area contributed by atoms with Crippen LogP contribution in [0.2, 0.25) is 0 Å². The van der Waals surface area contributed by atoms with Gasteiger partial charge in [-0.3, -0.25) is 9.79 Å². The summed E-state index contributed by atoms with van der Waals surface area (Å²) in [5.41, 5.74) is 3.70. The van der Waals surface area contributed by atoms with E-state index in [1.807, 2.05) is 36.8 Å². The number of hydrogen-bond acceptors (Lipinski definition) is 7. The Morgan fingerprint density at radius 2 is 1.83 bits per heavy atom. The maximum Gasteiger partial charge on any atom is 0.154 e. The molecule has 0 unspecified atom stereocenters. The van der Waals surface area contributed by atoms with E-state index in [2.05, 4.69) is 23.6 Å². The molecule has 2 N–H and O–H groups in total. The van der Waals surface area contributed by atoms with Gasteiger partial charge in [-0.25, -0.2) is 8.70 Å². The third-order valence-electron chi connectivity index (χ3n) is 4.12. The third-order valence-corrected chi connectivity index (χ3v) is 4.88. The molecular formula is C22H29FN4O2S. The lowest BCUT2D eigenvalue weighted by Gasteiger charge is -2.26. The highest BCUT2D eigenvalue weighted by Gasteiger charge is 2.22. The summed E-state index contributed by atoms with van der Waals surface area (Å²) in [6, 6.07) is 6.47. The highest BCUT2D eigenvalue weighted by molar-refractivity contribution is 7.98. The smallest absolute Gasteiger partial charge is 0.154 e. The fourth-order valence-electron chi connectivity index (χ4n) is 2.87. The number of aliphatic imine (C=N–C) groups is 1. The van der Waals surface area contributed by atoms with E-state index in [0.717, 1.165) is 17.8 Å². The van der Waals surface area contributed by atoms with E-state index < -0.39 is 0 Å². The molecule has 0 aliphatic heterocycles. The second-order valence-corrected chi connectivity index (χ2v) is 7.97. The minimum Gasteiger partial charge on any atom is -0.505 e. The van der Waals surface area contributed by atoms with Crippen LogP contribution in [-0.4, -0.2) is 50.6 Å². The molecule has 0 aliphatic rings. The standard InChI is InChI=1S/C14H19N3O2S.C8H10FN/c1-7-10-12(15-3)14(19)11(8-18)9(2)13(10)17(6)20-16(4)5;1-10-6-7-2-4-8(9)5-3-7/h7-8,19H,1,3H2,2,4-6H3;2-5,10H,6H2,1H3. The first-order valence-electron chi connectivity index (χ1n) is 9.13. The summed E-state index contributed by atoms with van der Waals surface area (Å²) in [5, 5.41) is 13.1. The van der Waals surface area contributed by atoms with E-state index in [1.165, 1.54) is 24.3 Å². The number of aromatic hydroxyl groups is 1. The van der Waals surface area contributed by atoms with E-state index in [-0.39, 0.29) is 22.8 Å². The summed E-state index contributed by atoms with van der Waals surface area (Å²) in [6.45, 7) is 9.80. The van der Waals surface area contributed by atoms with Crippen molar-refractivity contribution >= 4 is 42.6 Å². The van der Waals surface area contributed by atoms with Gasteiger partial charge < -0.3 is 14.7 Å². The predicted molar refractivity (Wildman–Crippen MR) is 126 cm³/mol. The van der Waals surface area contributed by atoms with Crippen LogP contribution in [0.1, 0.15) is 27.0 Å². The molecule has 0 saturated heterocycles. The van der Waals surface area contributed by atoms with Gasteiger partial charge in [-0.15, -0.1) is 0 Å². The van der Waals surface area contributed by atoms with Gasteiger partial charge in [0, 0.05) is 31.3 Å². The number of halogens is 1. The first-order chi connectivity index (χ1) is 14.2. The van der Waals surface area contributed by atoms with Crippen molar-refractivity contribution in [3.05, 3.63) is 58.9 Å². The molecule has 0 radical (unpaired) electrons. The Morgan fingerprint density at radius 3 is 2.27 bits per heavy atom. The summed E-state index contributed by atoms with van der Waals surface area (Å²) < 4.78 is 16.1. The number of rotatable bonds is 8. The molecule has 2 rings (SSSR count). The molecule has 8 heteroatoms. The molecule has 0 spiro atoms. The first-order valence-corrected chi connectivity index (χ1v) is 9.86. The Hall–Kier alpha value is -2.68. The molecule has 0 aliphatic carbocycles. The quantitative estimate of drug-likeness (QED) is 0.361. The minimum absolute atomic E-state index is 0.158. The number of nitrogens with zero attached hydrogens (tertiary/aromatic N) is 3. The molecule has 0 saturated carbocycles. The zero-order chi connectivity index (χ0) is 22.8. The zero-order valence-corrected chi connectivity index (χ0v) is 18.9. The second-order valence-electron chi connectivity index (χ2n) is 6.53. The first kappa shape index (κ1) is 25.4. The normalized spacial score (nSPS) is 10.2. The van der Waals surface area contributed by atoms with Crippen molar-refractivity contribution in [2.75, 3.05) is 32.5 Å². The summed E-state index contributed by atoms with van der Waals surface area (Å²) in [7, 11) is 7.57. The van der Waals surface area contributed by atoms with E-state index in [0.29, 0.717) is 17.4 Å². The van der Waals surface area contributed by atoms with Crippen molar-refractivity contribution in [1.29, 1.82) is 0 Å². The number of carbonyl (C=O) groups excluding carboxylic acids is 1. The number of carbonyl (C=O) groups is 1. The molecule has 2 aromatic carbocycles. The average molecular weight is 433 g/mol. The minimum atomic E-state index is -0.181. The Kier molecular flexibility index (Phi) is 10.2. The SMILES string of the molecule is C=Cc1c(N=C)c(O)c(C=O)c(C)c1N(C)SN(C)C.CNCc1ccc(F)cc1. The average Bonchev–Trinajstić information content (AvgIpc) is 2.69. The Bertz CT molecular complexity index is 886. The number of hydrogen-bond donors (Lipinski definition) is 2. The van der Waals surface area contributed by atoms with Gasteiger partial charge in [-0.1, -0.05) is 24.8 Å². The monoisotopic (exact) mass is 432 g/mol.